The Bertz CT molecular complexity index is 521. The molecule has 0 aliphatic rings. The standard InChI is InChI=1S/C15H20N2OS/c1-4-14(18)12-5-7-13(8-6-12)17(3)9-15-11(2)16-10-19-15/h5-8,10,14,18H,4,9H2,1-3H3/t14-/m0/s1. The van der Waals surface area contributed by atoms with Gasteiger partial charge in [0.05, 0.1) is 23.9 Å². The number of thiazole rings is 1. The molecule has 1 aromatic carbocycles. The molecule has 0 radical (unpaired) electrons. The van der Waals surface area contributed by atoms with Gasteiger partial charge in [0.2, 0.25) is 0 Å². The third-order valence-electron chi connectivity index (χ3n) is 3.33. The van der Waals surface area contributed by atoms with Gasteiger partial charge in [0.15, 0.2) is 0 Å². The summed E-state index contributed by atoms with van der Waals surface area (Å²) in [5.41, 5.74) is 5.13. The largest absolute Gasteiger partial charge is 0.388 e. The Morgan fingerprint density at radius 3 is 2.53 bits per heavy atom. The van der Waals surface area contributed by atoms with Crippen LogP contribution in [0.3, 0.4) is 0 Å². The lowest BCUT2D eigenvalue weighted by molar-refractivity contribution is 0.173. The van der Waals surface area contributed by atoms with Crippen LogP contribution >= 0.6 is 11.3 Å². The molecule has 102 valence electrons. The molecule has 2 aromatic rings. The van der Waals surface area contributed by atoms with E-state index >= 15 is 0 Å². The number of aliphatic hydroxyl groups excluding tert-OH is 1. The molecule has 0 spiro atoms. The number of hydrogen-bond donors (Lipinski definition) is 1. The van der Waals surface area contributed by atoms with Crippen molar-refractivity contribution in [2.75, 3.05) is 11.9 Å². The summed E-state index contributed by atoms with van der Waals surface area (Å²) in [5.74, 6) is 0. The van der Waals surface area contributed by atoms with E-state index in [0.717, 1.165) is 29.9 Å². The van der Waals surface area contributed by atoms with E-state index in [9.17, 15) is 5.11 Å². The number of benzene rings is 1. The monoisotopic (exact) mass is 276 g/mol. The van der Waals surface area contributed by atoms with Crippen LogP contribution in [0.2, 0.25) is 0 Å². The van der Waals surface area contributed by atoms with E-state index < -0.39 is 0 Å². The first-order valence-corrected chi connectivity index (χ1v) is 7.38. The Balaban J connectivity index is 2.07. The van der Waals surface area contributed by atoms with Crippen LogP contribution in [0.25, 0.3) is 0 Å². The smallest absolute Gasteiger partial charge is 0.0798 e. The van der Waals surface area contributed by atoms with Gasteiger partial charge in [-0.15, -0.1) is 11.3 Å². The lowest BCUT2D eigenvalue weighted by atomic mass is 10.1. The lowest BCUT2D eigenvalue weighted by Crippen LogP contribution is -2.16. The minimum Gasteiger partial charge on any atom is -0.388 e. The summed E-state index contributed by atoms with van der Waals surface area (Å²) < 4.78 is 0. The number of hydrogen-bond acceptors (Lipinski definition) is 4. The molecular formula is C15H20N2OS. The van der Waals surface area contributed by atoms with E-state index in [1.807, 2.05) is 31.5 Å². The molecule has 0 aliphatic heterocycles. The lowest BCUT2D eigenvalue weighted by Gasteiger charge is -2.19. The van der Waals surface area contributed by atoms with Crippen LogP contribution in [-0.2, 0) is 6.54 Å². The van der Waals surface area contributed by atoms with Gasteiger partial charge in [-0.3, -0.25) is 0 Å². The van der Waals surface area contributed by atoms with E-state index in [-0.39, 0.29) is 6.10 Å². The molecule has 0 aliphatic carbocycles. The predicted octanol–water partition coefficient (Wildman–Crippen LogP) is 3.53. The van der Waals surface area contributed by atoms with Crippen LogP contribution in [-0.4, -0.2) is 17.1 Å². The molecule has 0 saturated heterocycles. The highest BCUT2D eigenvalue weighted by Gasteiger charge is 2.08. The number of aliphatic hydroxyl groups is 1. The van der Waals surface area contributed by atoms with E-state index in [4.69, 9.17) is 0 Å². The molecule has 3 nitrogen and oxygen atoms in total. The fourth-order valence-corrected chi connectivity index (χ4v) is 2.80. The van der Waals surface area contributed by atoms with Crippen molar-refractivity contribution < 1.29 is 5.11 Å². The van der Waals surface area contributed by atoms with Crippen LogP contribution in [0.15, 0.2) is 29.8 Å². The quantitative estimate of drug-likeness (QED) is 0.907. The van der Waals surface area contributed by atoms with Gasteiger partial charge in [-0.05, 0) is 31.0 Å². The van der Waals surface area contributed by atoms with Crippen molar-refractivity contribution >= 4 is 17.0 Å². The summed E-state index contributed by atoms with van der Waals surface area (Å²) in [6.45, 7) is 4.89. The minimum absolute atomic E-state index is 0.358. The summed E-state index contributed by atoms with van der Waals surface area (Å²) in [6, 6.07) is 8.12. The number of anilines is 1. The zero-order valence-corrected chi connectivity index (χ0v) is 12.4. The van der Waals surface area contributed by atoms with E-state index in [0.29, 0.717) is 0 Å². The topological polar surface area (TPSA) is 36.4 Å². The molecule has 0 unspecified atom stereocenters. The van der Waals surface area contributed by atoms with Crippen molar-refractivity contribution in [3.05, 3.63) is 45.9 Å². The second-order valence-electron chi connectivity index (χ2n) is 4.73. The van der Waals surface area contributed by atoms with Crippen LogP contribution in [0.1, 0.15) is 35.6 Å². The summed E-state index contributed by atoms with van der Waals surface area (Å²) in [4.78, 5) is 7.76. The zero-order chi connectivity index (χ0) is 13.8. The summed E-state index contributed by atoms with van der Waals surface area (Å²) in [7, 11) is 2.07. The van der Waals surface area contributed by atoms with Crippen molar-refractivity contribution in [2.45, 2.75) is 32.9 Å². The maximum absolute atomic E-state index is 9.78. The number of nitrogens with zero attached hydrogens (tertiary/aromatic N) is 2. The molecule has 0 bridgehead atoms. The number of rotatable bonds is 5. The van der Waals surface area contributed by atoms with Gasteiger partial charge in [0, 0.05) is 17.6 Å². The Morgan fingerprint density at radius 1 is 1.32 bits per heavy atom. The van der Waals surface area contributed by atoms with Gasteiger partial charge in [0.1, 0.15) is 0 Å². The summed E-state index contributed by atoms with van der Waals surface area (Å²) in [6.07, 6.45) is 0.387. The maximum Gasteiger partial charge on any atom is 0.0798 e. The first-order valence-electron chi connectivity index (χ1n) is 6.50. The van der Waals surface area contributed by atoms with Gasteiger partial charge < -0.3 is 10.0 Å². The Morgan fingerprint density at radius 2 is 2.00 bits per heavy atom. The molecule has 0 amide bonds. The van der Waals surface area contributed by atoms with Gasteiger partial charge in [-0.25, -0.2) is 4.98 Å². The molecule has 0 saturated carbocycles. The van der Waals surface area contributed by atoms with Crippen LogP contribution in [0.5, 0.6) is 0 Å². The Kier molecular flexibility index (Phi) is 4.56. The van der Waals surface area contributed by atoms with Gasteiger partial charge in [-0.2, -0.15) is 0 Å². The fourth-order valence-electron chi connectivity index (χ4n) is 1.97. The van der Waals surface area contributed by atoms with Crippen molar-refractivity contribution in [1.82, 2.24) is 4.98 Å². The predicted molar refractivity (Wildman–Crippen MR) is 80.7 cm³/mol. The molecule has 1 atom stereocenters. The maximum atomic E-state index is 9.78. The second kappa shape index (κ2) is 6.17. The Hall–Kier alpha value is -1.39. The van der Waals surface area contributed by atoms with E-state index in [1.54, 1.807) is 11.3 Å². The second-order valence-corrected chi connectivity index (χ2v) is 5.67. The Labute approximate surface area is 118 Å². The highest BCUT2D eigenvalue weighted by molar-refractivity contribution is 7.09. The molecule has 0 fully saturated rings. The van der Waals surface area contributed by atoms with Gasteiger partial charge in [0.25, 0.3) is 0 Å². The molecule has 1 aromatic heterocycles. The van der Waals surface area contributed by atoms with Crippen molar-refractivity contribution in [2.24, 2.45) is 0 Å². The number of aromatic nitrogens is 1. The van der Waals surface area contributed by atoms with Crippen LogP contribution in [0.4, 0.5) is 5.69 Å². The minimum atomic E-state index is -0.358. The SMILES string of the molecule is CC[C@H](O)c1ccc(N(C)Cc2scnc2C)cc1. The van der Waals surface area contributed by atoms with Crippen molar-refractivity contribution in [3.63, 3.8) is 0 Å². The normalized spacial score (nSPS) is 12.4. The molecule has 1 heterocycles. The van der Waals surface area contributed by atoms with Gasteiger partial charge >= 0.3 is 0 Å². The zero-order valence-electron chi connectivity index (χ0n) is 11.6. The first kappa shape index (κ1) is 14.0. The first-order chi connectivity index (χ1) is 9.11. The van der Waals surface area contributed by atoms with E-state index in [2.05, 4.69) is 29.1 Å². The third kappa shape index (κ3) is 3.33. The van der Waals surface area contributed by atoms with Crippen molar-refractivity contribution in [1.29, 1.82) is 0 Å². The van der Waals surface area contributed by atoms with E-state index in [1.165, 1.54) is 4.88 Å². The summed E-state index contributed by atoms with van der Waals surface area (Å²) in [5, 5.41) is 9.78. The van der Waals surface area contributed by atoms with Crippen LogP contribution < -0.4 is 4.90 Å². The number of aryl methyl sites for hydroxylation is 1. The third-order valence-corrected chi connectivity index (χ3v) is 4.25. The fraction of sp³-hybridized carbons (Fsp3) is 0.400. The molecule has 19 heavy (non-hydrogen) atoms. The summed E-state index contributed by atoms with van der Waals surface area (Å²) >= 11 is 1.69. The highest BCUT2D eigenvalue weighted by atomic mass is 32.1. The average Bonchev–Trinajstić information content (AvgIpc) is 2.83. The van der Waals surface area contributed by atoms with Crippen molar-refractivity contribution in [3.8, 4) is 0 Å². The molecule has 1 N–H and O–H groups in total. The molecule has 2 rings (SSSR count). The average molecular weight is 276 g/mol. The van der Waals surface area contributed by atoms with Gasteiger partial charge in [-0.1, -0.05) is 19.1 Å². The molecule has 4 heteroatoms. The van der Waals surface area contributed by atoms with Crippen LogP contribution in [0, 0.1) is 6.92 Å². The molecular weight excluding hydrogens is 256 g/mol. The highest BCUT2D eigenvalue weighted by Crippen LogP contribution is 2.23.